The third-order valence-electron chi connectivity index (χ3n) is 3.67. The number of methoxy groups -OCH3 is 1. The highest BCUT2D eigenvalue weighted by atomic mass is 32.2. The average Bonchev–Trinajstić information content (AvgIpc) is 2.55. The molecule has 2 rings (SSSR count). The molecule has 2 aromatic rings. The van der Waals surface area contributed by atoms with Gasteiger partial charge in [-0.2, -0.15) is 4.31 Å². The highest BCUT2D eigenvalue weighted by Gasteiger charge is 2.25. The Labute approximate surface area is 142 Å². The molecular formula is C17H21FN2O3S. The van der Waals surface area contributed by atoms with E-state index in [-0.39, 0.29) is 17.2 Å². The topological polar surface area (TPSA) is 49.9 Å². The van der Waals surface area contributed by atoms with Crippen molar-refractivity contribution in [2.75, 3.05) is 33.2 Å². The van der Waals surface area contributed by atoms with Crippen LogP contribution in [0.4, 0.5) is 10.1 Å². The smallest absolute Gasteiger partial charge is 0.246 e. The van der Waals surface area contributed by atoms with Crippen LogP contribution in [0.1, 0.15) is 5.56 Å². The predicted octanol–water partition coefficient (Wildman–Crippen LogP) is 2.72. The molecule has 0 spiro atoms. The van der Waals surface area contributed by atoms with Crippen LogP contribution in [0.25, 0.3) is 0 Å². The van der Waals surface area contributed by atoms with Crippen molar-refractivity contribution in [1.82, 2.24) is 4.31 Å². The van der Waals surface area contributed by atoms with Crippen LogP contribution in [-0.2, 0) is 16.6 Å². The van der Waals surface area contributed by atoms with Crippen LogP contribution in [0.3, 0.4) is 0 Å². The van der Waals surface area contributed by atoms with E-state index in [4.69, 9.17) is 4.74 Å². The Balaban J connectivity index is 2.28. The Bertz CT molecular complexity index is 805. The van der Waals surface area contributed by atoms with Crippen molar-refractivity contribution < 1.29 is 17.5 Å². The third-order valence-corrected chi connectivity index (χ3v) is 5.50. The summed E-state index contributed by atoms with van der Waals surface area (Å²) in [5, 5.41) is 0. The lowest BCUT2D eigenvalue weighted by Gasteiger charge is -2.19. The lowest BCUT2D eigenvalue weighted by molar-refractivity contribution is 0.395. The zero-order valence-corrected chi connectivity index (χ0v) is 15.0. The number of hydrogen-bond acceptors (Lipinski definition) is 4. The maximum Gasteiger partial charge on any atom is 0.246 e. The van der Waals surface area contributed by atoms with Crippen LogP contribution in [0, 0.1) is 5.82 Å². The fourth-order valence-corrected chi connectivity index (χ4v) is 3.58. The van der Waals surface area contributed by atoms with Crippen molar-refractivity contribution in [2.24, 2.45) is 0 Å². The van der Waals surface area contributed by atoms with E-state index in [9.17, 15) is 12.8 Å². The number of anilines is 1. The van der Waals surface area contributed by atoms with Gasteiger partial charge in [0.25, 0.3) is 0 Å². The summed E-state index contributed by atoms with van der Waals surface area (Å²) < 4.78 is 45.1. The van der Waals surface area contributed by atoms with Crippen LogP contribution in [0.15, 0.2) is 47.4 Å². The molecule has 5 nitrogen and oxygen atoms in total. The highest BCUT2D eigenvalue weighted by Crippen LogP contribution is 2.27. The molecule has 0 fully saturated rings. The number of halogens is 1. The molecule has 0 saturated carbocycles. The summed E-state index contributed by atoms with van der Waals surface area (Å²) in [6.07, 6.45) is 0. The Morgan fingerprint density at radius 1 is 1.04 bits per heavy atom. The van der Waals surface area contributed by atoms with Gasteiger partial charge in [0.1, 0.15) is 16.5 Å². The van der Waals surface area contributed by atoms with E-state index in [0.29, 0.717) is 0 Å². The molecule has 2 aromatic carbocycles. The molecule has 0 unspecified atom stereocenters. The van der Waals surface area contributed by atoms with Crippen LogP contribution in [0.5, 0.6) is 5.75 Å². The second kappa shape index (κ2) is 7.19. The van der Waals surface area contributed by atoms with Crippen LogP contribution < -0.4 is 9.64 Å². The van der Waals surface area contributed by atoms with E-state index < -0.39 is 15.8 Å². The van der Waals surface area contributed by atoms with E-state index >= 15 is 0 Å². The second-order valence-corrected chi connectivity index (χ2v) is 7.63. The zero-order chi connectivity index (χ0) is 17.9. The first-order valence-electron chi connectivity index (χ1n) is 7.32. The second-order valence-electron chi connectivity index (χ2n) is 5.62. The summed E-state index contributed by atoms with van der Waals surface area (Å²) in [6.45, 7) is 0.176. The maximum atomic E-state index is 13.5. The number of nitrogens with zero attached hydrogens (tertiary/aromatic N) is 2. The molecular weight excluding hydrogens is 331 g/mol. The van der Waals surface area contributed by atoms with Crippen molar-refractivity contribution in [3.05, 3.63) is 53.8 Å². The van der Waals surface area contributed by atoms with E-state index in [0.717, 1.165) is 23.4 Å². The third kappa shape index (κ3) is 3.85. The lowest BCUT2D eigenvalue weighted by Crippen LogP contribution is -2.27. The first-order chi connectivity index (χ1) is 11.3. The minimum atomic E-state index is -3.87. The fourth-order valence-electron chi connectivity index (χ4n) is 2.26. The summed E-state index contributed by atoms with van der Waals surface area (Å²) in [4.78, 5) is 1.78. The fraction of sp³-hybridized carbons (Fsp3) is 0.294. The lowest BCUT2D eigenvalue weighted by atomic mass is 10.2. The molecule has 0 atom stereocenters. The van der Waals surface area contributed by atoms with Crippen molar-refractivity contribution >= 4 is 15.7 Å². The normalized spacial score (nSPS) is 11.6. The molecule has 0 radical (unpaired) electrons. The van der Waals surface area contributed by atoms with Crippen molar-refractivity contribution in [3.63, 3.8) is 0 Å². The molecule has 0 aliphatic rings. The van der Waals surface area contributed by atoms with Gasteiger partial charge in [0.2, 0.25) is 10.0 Å². The first-order valence-corrected chi connectivity index (χ1v) is 8.76. The van der Waals surface area contributed by atoms with E-state index in [2.05, 4.69) is 0 Å². The van der Waals surface area contributed by atoms with Gasteiger partial charge in [0.05, 0.1) is 7.11 Å². The van der Waals surface area contributed by atoms with E-state index in [1.807, 2.05) is 43.3 Å². The molecule has 24 heavy (non-hydrogen) atoms. The van der Waals surface area contributed by atoms with Gasteiger partial charge in [-0.3, -0.25) is 0 Å². The summed E-state index contributed by atoms with van der Waals surface area (Å²) in [6, 6.07) is 11.0. The van der Waals surface area contributed by atoms with Gasteiger partial charge in [-0.25, -0.2) is 12.8 Å². The van der Waals surface area contributed by atoms with E-state index in [1.165, 1.54) is 24.5 Å². The number of hydrogen-bond donors (Lipinski definition) is 0. The SMILES string of the molecule is COc1ccc(F)cc1S(=O)(=O)N(C)Cc1ccc(N(C)C)cc1. The van der Waals surface area contributed by atoms with Gasteiger partial charge >= 0.3 is 0 Å². The van der Waals surface area contributed by atoms with Gasteiger partial charge in [-0.1, -0.05) is 12.1 Å². The summed E-state index contributed by atoms with van der Waals surface area (Å²) >= 11 is 0. The highest BCUT2D eigenvalue weighted by molar-refractivity contribution is 7.89. The molecule has 0 aliphatic carbocycles. The van der Waals surface area contributed by atoms with Crippen molar-refractivity contribution in [3.8, 4) is 5.75 Å². The molecule has 7 heteroatoms. The van der Waals surface area contributed by atoms with Gasteiger partial charge in [0.15, 0.2) is 0 Å². The molecule has 0 aromatic heterocycles. The number of benzene rings is 2. The molecule has 0 bridgehead atoms. The summed E-state index contributed by atoms with van der Waals surface area (Å²) in [5.74, 6) is -0.510. The van der Waals surface area contributed by atoms with Gasteiger partial charge in [0, 0.05) is 33.4 Å². The predicted molar refractivity (Wildman–Crippen MR) is 92.4 cm³/mol. The summed E-state index contributed by atoms with van der Waals surface area (Å²) in [7, 11) is 2.81. The van der Waals surface area contributed by atoms with E-state index in [1.54, 1.807) is 0 Å². The van der Waals surface area contributed by atoms with Crippen LogP contribution in [0.2, 0.25) is 0 Å². The van der Waals surface area contributed by atoms with Gasteiger partial charge < -0.3 is 9.64 Å². The van der Waals surface area contributed by atoms with Crippen LogP contribution >= 0.6 is 0 Å². The quantitative estimate of drug-likeness (QED) is 0.802. The van der Waals surface area contributed by atoms with Crippen molar-refractivity contribution in [2.45, 2.75) is 11.4 Å². The summed E-state index contributed by atoms with van der Waals surface area (Å²) in [5.41, 5.74) is 1.86. The minimum Gasteiger partial charge on any atom is -0.495 e. The minimum absolute atomic E-state index is 0.117. The van der Waals surface area contributed by atoms with Crippen LogP contribution in [-0.4, -0.2) is 41.0 Å². The van der Waals surface area contributed by atoms with Gasteiger partial charge in [-0.15, -0.1) is 0 Å². The standard InChI is InChI=1S/C17H21FN2O3S/c1-19(2)15-8-5-13(6-9-15)12-20(3)24(21,22)17-11-14(18)7-10-16(17)23-4/h5-11H,12H2,1-4H3. The number of rotatable bonds is 6. The number of ether oxygens (including phenoxy) is 1. The molecule has 0 saturated heterocycles. The van der Waals surface area contributed by atoms with Crippen molar-refractivity contribution in [1.29, 1.82) is 0 Å². The monoisotopic (exact) mass is 352 g/mol. The molecule has 0 N–H and O–H groups in total. The molecule has 0 amide bonds. The first kappa shape index (κ1) is 18.2. The molecule has 0 aliphatic heterocycles. The van der Waals surface area contributed by atoms with Gasteiger partial charge in [-0.05, 0) is 35.9 Å². The largest absolute Gasteiger partial charge is 0.495 e. The maximum absolute atomic E-state index is 13.5. The Morgan fingerprint density at radius 3 is 2.21 bits per heavy atom. The Kier molecular flexibility index (Phi) is 5.46. The Morgan fingerprint density at radius 2 is 1.67 bits per heavy atom. The molecule has 0 heterocycles. The average molecular weight is 352 g/mol. The Hall–Kier alpha value is -2.12. The number of sulfonamides is 1. The molecule has 130 valence electrons. The zero-order valence-electron chi connectivity index (χ0n) is 14.2.